The van der Waals surface area contributed by atoms with Gasteiger partial charge in [0, 0.05) is 18.3 Å². The molecule has 3 rings (SSSR count). The molecule has 0 unspecified atom stereocenters. The number of aliphatic hydroxyl groups excluding tert-OH is 1. The number of hydrogen-bond acceptors (Lipinski definition) is 4. The number of benzene rings is 1. The number of imidazole rings is 1. The number of aromatic amines is 1. The monoisotopic (exact) mass is 334 g/mol. The smallest absolute Gasteiger partial charge is 0.257 e. The van der Waals surface area contributed by atoms with Crippen molar-refractivity contribution < 1.29 is 14.3 Å². The van der Waals surface area contributed by atoms with Gasteiger partial charge in [0.25, 0.3) is 5.91 Å². The largest absolute Gasteiger partial charge is 0.396 e. The van der Waals surface area contributed by atoms with E-state index in [1.807, 2.05) is 0 Å². The standard InChI is InChI=1S/C15H12ClFN4O2/c16-10-7-8(1-2-11(10)17)19-15(23)9-3-5-18-14-13(9)20-12(21-14)4-6-22/h1-3,5,7,22H,4,6H2,(H,19,23)(H,18,20,21). The molecule has 2 heterocycles. The van der Waals surface area contributed by atoms with Gasteiger partial charge in [0.2, 0.25) is 0 Å². The lowest BCUT2D eigenvalue weighted by atomic mass is 10.2. The molecule has 0 saturated heterocycles. The molecule has 1 aromatic carbocycles. The number of rotatable bonds is 4. The number of amides is 1. The number of nitrogens with zero attached hydrogens (tertiary/aromatic N) is 2. The summed E-state index contributed by atoms with van der Waals surface area (Å²) >= 11 is 5.70. The van der Waals surface area contributed by atoms with Crippen LogP contribution in [0.15, 0.2) is 30.5 Å². The molecular formula is C15H12ClFN4O2. The fourth-order valence-electron chi connectivity index (χ4n) is 2.14. The maximum absolute atomic E-state index is 13.2. The van der Waals surface area contributed by atoms with Gasteiger partial charge in [-0.05, 0) is 24.3 Å². The highest BCUT2D eigenvalue weighted by molar-refractivity contribution is 6.31. The van der Waals surface area contributed by atoms with Crippen LogP contribution in [0.25, 0.3) is 11.2 Å². The van der Waals surface area contributed by atoms with Crippen LogP contribution in [0.3, 0.4) is 0 Å². The minimum absolute atomic E-state index is 0.0601. The fourth-order valence-corrected chi connectivity index (χ4v) is 2.33. The average Bonchev–Trinajstić information content (AvgIpc) is 2.93. The highest BCUT2D eigenvalue weighted by atomic mass is 35.5. The summed E-state index contributed by atoms with van der Waals surface area (Å²) < 4.78 is 13.2. The number of carbonyl (C=O) groups is 1. The summed E-state index contributed by atoms with van der Waals surface area (Å²) in [5, 5.41) is 11.5. The van der Waals surface area contributed by atoms with Crippen LogP contribution in [0.1, 0.15) is 16.2 Å². The van der Waals surface area contributed by atoms with E-state index < -0.39 is 11.7 Å². The summed E-state index contributed by atoms with van der Waals surface area (Å²) in [4.78, 5) is 23.7. The maximum atomic E-state index is 13.2. The molecule has 0 fully saturated rings. The number of hydrogen-bond donors (Lipinski definition) is 3. The molecule has 118 valence electrons. The van der Waals surface area contributed by atoms with Crippen molar-refractivity contribution in [3.63, 3.8) is 0 Å². The van der Waals surface area contributed by atoms with Crippen LogP contribution in [0.5, 0.6) is 0 Å². The molecule has 1 amide bonds. The molecule has 2 aromatic heterocycles. The average molecular weight is 335 g/mol. The highest BCUT2D eigenvalue weighted by Crippen LogP contribution is 2.21. The number of fused-ring (bicyclic) bond motifs is 1. The number of halogens is 2. The molecule has 3 aromatic rings. The third-order valence-electron chi connectivity index (χ3n) is 3.21. The predicted molar refractivity (Wildman–Crippen MR) is 84.0 cm³/mol. The van der Waals surface area contributed by atoms with Crippen LogP contribution in [-0.4, -0.2) is 32.6 Å². The second-order valence-corrected chi connectivity index (χ2v) is 5.20. The lowest BCUT2D eigenvalue weighted by Gasteiger charge is -2.06. The van der Waals surface area contributed by atoms with Crippen LogP contribution in [0.2, 0.25) is 5.02 Å². The Kier molecular flexibility index (Phi) is 4.22. The maximum Gasteiger partial charge on any atom is 0.257 e. The normalized spacial score (nSPS) is 10.9. The van der Waals surface area contributed by atoms with Crippen LogP contribution in [0, 0.1) is 5.82 Å². The molecule has 0 aliphatic carbocycles. The molecule has 6 nitrogen and oxygen atoms in total. The number of aliphatic hydroxyl groups is 1. The molecule has 0 aliphatic heterocycles. The zero-order chi connectivity index (χ0) is 16.4. The van der Waals surface area contributed by atoms with E-state index in [1.54, 1.807) is 6.07 Å². The minimum atomic E-state index is -0.557. The minimum Gasteiger partial charge on any atom is -0.396 e. The second kappa shape index (κ2) is 6.31. The van der Waals surface area contributed by atoms with Gasteiger partial charge in [-0.3, -0.25) is 4.79 Å². The van der Waals surface area contributed by atoms with Crippen LogP contribution >= 0.6 is 11.6 Å². The first kappa shape index (κ1) is 15.4. The van der Waals surface area contributed by atoms with Gasteiger partial charge in [0.05, 0.1) is 22.7 Å². The van der Waals surface area contributed by atoms with Gasteiger partial charge in [-0.25, -0.2) is 14.4 Å². The summed E-state index contributed by atoms with van der Waals surface area (Å²) in [6.07, 6.45) is 1.81. The van der Waals surface area contributed by atoms with Gasteiger partial charge >= 0.3 is 0 Å². The van der Waals surface area contributed by atoms with E-state index in [9.17, 15) is 9.18 Å². The Morgan fingerprint density at radius 1 is 1.39 bits per heavy atom. The fraction of sp³-hybridized carbons (Fsp3) is 0.133. The number of aromatic nitrogens is 3. The van der Waals surface area contributed by atoms with Crippen molar-refractivity contribution in [2.24, 2.45) is 0 Å². The molecule has 0 spiro atoms. The lowest BCUT2D eigenvalue weighted by Crippen LogP contribution is -2.12. The first-order chi connectivity index (χ1) is 11.1. The van der Waals surface area contributed by atoms with E-state index in [0.717, 1.165) is 0 Å². The van der Waals surface area contributed by atoms with Crippen molar-refractivity contribution in [2.45, 2.75) is 6.42 Å². The topological polar surface area (TPSA) is 90.9 Å². The summed E-state index contributed by atoms with van der Waals surface area (Å²) in [5.74, 6) is -0.419. The number of anilines is 1. The molecule has 8 heteroatoms. The Hall–Kier alpha value is -2.51. The van der Waals surface area contributed by atoms with Crippen molar-refractivity contribution in [1.82, 2.24) is 15.0 Å². The SMILES string of the molecule is O=C(Nc1ccc(F)c(Cl)c1)c1ccnc2nc(CCO)[nH]c12. The third kappa shape index (κ3) is 3.15. The molecular weight excluding hydrogens is 323 g/mol. The van der Waals surface area contributed by atoms with E-state index in [-0.39, 0.29) is 11.6 Å². The molecule has 3 N–H and O–H groups in total. The molecule has 23 heavy (non-hydrogen) atoms. The Morgan fingerprint density at radius 3 is 2.96 bits per heavy atom. The van der Waals surface area contributed by atoms with Gasteiger partial charge < -0.3 is 15.4 Å². The zero-order valence-electron chi connectivity index (χ0n) is 11.8. The van der Waals surface area contributed by atoms with Crippen LogP contribution in [0.4, 0.5) is 10.1 Å². The van der Waals surface area contributed by atoms with E-state index in [2.05, 4.69) is 20.3 Å². The Balaban J connectivity index is 1.92. The van der Waals surface area contributed by atoms with Gasteiger partial charge in [0.15, 0.2) is 5.65 Å². The summed E-state index contributed by atoms with van der Waals surface area (Å²) in [6, 6.07) is 5.47. The number of nitrogens with one attached hydrogen (secondary N) is 2. The van der Waals surface area contributed by atoms with E-state index >= 15 is 0 Å². The van der Waals surface area contributed by atoms with Crippen LogP contribution in [-0.2, 0) is 6.42 Å². The summed E-state index contributed by atoms with van der Waals surface area (Å²) in [5.41, 5.74) is 1.58. The summed E-state index contributed by atoms with van der Waals surface area (Å²) in [6.45, 7) is -0.0601. The van der Waals surface area contributed by atoms with Gasteiger partial charge in [0.1, 0.15) is 11.6 Å². The second-order valence-electron chi connectivity index (χ2n) is 4.80. The Bertz CT molecular complexity index is 881. The number of H-pyrrole nitrogens is 1. The van der Waals surface area contributed by atoms with E-state index in [4.69, 9.17) is 16.7 Å². The van der Waals surface area contributed by atoms with Crippen LogP contribution < -0.4 is 5.32 Å². The Morgan fingerprint density at radius 2 is 2.22 bits per heavy atom. The highest BCUT2D eigenvalue weighted by Gasteiger charge is 2.15. The third-order valence-corrected chi connectivity index (χ3v) is 3.50. The lowest BCUT2D eigenvalue weighted by molar-refractivity contribution is 0.102. The van der Waals surface area contributed by atoms with Gasteiger partial charge in [-0.1, -0.05) is 11.6 Å². The van der Waals surface area contributed by atoms with Crippen molar-refractivity contribution in [1.29, 1.82) is 0 Å². The van der Waals surface area contributed by atoms with Gasteiger partial charge in [-0.15, -0.1) is 0 Å². The van der Waals surface area contributed by atoms with E-state index in [1.165, 1.54) is 24.4 Å². The quantitative estimate of drug-likeness (QED) is 0.684. The first-order valence-corrected chi connectivity index (χ1v) is 7.17. The molecule has 0 radical (unpaired) electrons. The molecule has 0 atom stereocenters. The molecule has 0 bridgehead atoms. The zero-order valence-corrected chi connectivity index (χ0v) is 12.6. The summed E-state index contributed by atoms with van der Waals surface area (Å²) in [7, 11) is 0. The van der Waals surface area contributed by atoms with E-state index in [0.29, 0.717) is 34.7 Å². The number of pyridine rings is 1. The van der Waals surface area contributed by atoms with Crippen molar-refractivity contribution in [2.75, 3.05) is 11.9 Å². The van der Waals surface area contributed by atoms with Crippen molar-refractivity contribution in [3.8, 4) is 0 Å². The van der Waals surface area contributed by atoms with Gasteiger partial charge in [-0.2, -0.15) is 0 Å². The Labute approximate surface area is 135 Å². The predicted octanol–water partition coefficient (Wildman–Crippen LogP) is 2.54. The van der Waals surface area contributed by atoms with Crippen molar-refractivity contribution >= 4 is 34.4 Å². The molecule has 0 saturated carbocycles. The first-order valence-electron chi connectivity index (χ1n) is 6.79. The molecule has 0 aliphatic rings. The van der Waals surface area contributed by atoms with Crippen molar-refractivity contribution in [3.05, 3.63) is 52.7 Å². The number of carbonyl (C=O) groups excluding carboxylic acids is 1.